The molecule has 0 aromatic heterocycles. The summed E-state index contributed by atoms with van der Waals surface area (Å²) in [6.07, 6.45) is 0. The number of anilines is 1. The van der Waals surface area contributed by atoms with Crippen LogP contribution in [0, 0.1) is 12.7 Å². The number of aryl methyl sites for hydroxylation is 1. The molecule has 5 heteroatoms. The van der Waals surface area contributed by atoms with Crippen LogP contribution in [0.3, 0.4) is 0 Å². The molecule has 0 spiro atoms. The fourth-order valence-corrected chi connectivity index (χ4v) is 1.85. The number of hydrogen-bond donors (Lipinski definition) is 1. The van der Waals surface area contributed by atoms with Crippen molar-refractivity contribution in [2.24, 2.45) is 0 Å². The van der Waals surface area contributed by atoms with Crippen LogP contribution in [-0.2, 0) is 11.3 Å². The lowest BCUT2D eigenvalue weighted by molar-refractivity contribution is 0.0469. The molecule has 20 heavy (non-hydrogen) atoms. The Morgan fingerprint density at radius 1 is 1.35 bits per heavy atom. The zero-order valence-electron chi connectivity index (χ0n) is 10.8. The molecule has 0 bridgehead atoms. The Labute approximate surface area is 121 Å². The van der Waals surface area contributed by atoms with Crippen LogP contribution in [-0.4, -0.2) is 5.97 Å². The molecule has 0 heterocycles. The van der Waals surface area contributed by atoms with Gasteiger partial charge in [-0.3, -0.25) is 0 Å². The largest absolute Gasteiger partial charge is 0.457 e. The van der Waals surface area contributed by atoms with E-state index >= 15 is 0 Å². The van der Waals surface area contributed by atoms with Gasteiger partial charge in [0.2, 0.25) is 0 Å². The number of halogens is 2. The number of benzene rings is 2. The first-order valence-electron chi connectivity index (χ1n) is 5.95. The van der Waals surface area contributed by atoms with Crippen molar-refractivity contribution >= 4 is 23.3 Å². The molecule has 2 rings (SSSR count). The topological polar surface area (TPSA) is 52.3 Å². The highest BCUT2D eigenvalue weighted by Crippen LogP contribution is 2.19. The van der Waals surface area contributed by atoms with Crippen LogP contribution < -0.4 is 5.73 Å². The highest BCUT2D eigenvalue weighted by molar-refractivity contribution is 6.30. The highest BCUT2D eigenvalue weighted by atomic mass is 35.5. The Hall–Kier alpha value is -2.07. The monoisotopic (exact) mass is 293 g/mol. The first-order chi connectivity index (χ1) is 9.49. The number of nitrogens with two attached hydrogens (primary N) is 1. The third kappa shape index (κ3) is 3.08. The number of rotatable bonds is 3. The van der Waals surface area contributed by atoms with E-state index in [-0.39, 0.29) is 17.2 Å². The summed E-state index contributed by atoms with van der Waals surface area (Å²) in [4.78, 5) is 11.8. The van der Waals surface area contributed by atoms with Gasteiger partial charge in [-0.2, -0.15) is 0 Å². The Balaban J connectivity index is 2.08. The highest BCUT2D eigenvalue weighted by Gasteiger charge is 2.11. The molecule has 0 aliphatic heterocycles. The quantitative estimate of drug-likeness (QED) is 0.693. The average molecular weight is 294 g/mol. The number of carbonyl (C=O) groups is 1. The zero-order chi connectivity index (χ0) is 14.7. The van der Waals surface area contributed by atoms with Crippen molar-refractivity contribution in [2.45, 2.75) is 13.5 Å². The summed E-state index contributed by atoms with van der Waals surface area (Å²) in [6.45, 7) is 1.66. The van der Waals surface area contributed by atoms with Crippen LogP contribution in [0.15, 0.2) is 36.4 Å². The fourth-order valence-electron chi connectivity index (χ4n) is 1.65. The summed E-state index contributed by atoms with van der Waals surface area (Å²) in [6, 6.07) is 9.42. The Morgan fingerprint density at radius 2 is 2.10 bits per heavy atom. The zero-order valence-corrected chi connectivity index (χ0v) is 11.6. The van der Waals surface area contributed by atoms with E-state index in [1.165, 1.54) is 18.2 Å². The third-order valence-corrected chi connectivity index (χ3v) is 3.20. The van der Waals surface area contributed by atoms with E-state index in [1.807, 2.05) is 6.92 Å². The van der Waals surface area contributed by atoms with Crippen molar-refractivity contribution in [3.8, 4) is 0 Å². The average Bonchev–Trinajstić information content (AvgIpc) is 2.43. The van der Waals surface area contributed by atoms with Crippen molar-refractivity contribution in [3.05, 3.63) is 63.9 Å². The van der Waals surface area contributed by atoms with Crippen LogP contribution in [0.4, 0.5) is 10.1 Å². The third-order valence-electron chi connectivity index (χ3n) is 2.91. The van der Waals surface area contributed by atoms with Crippen LogP contribution >= 0.6 is 11.6 Å². The van der Waals surface area contributed by atoms with Gasteiger partial charge in [0.05, 0.1) is 10.6 Å². The number of ether oxygens (including phenoxy) is 1. The SMILES string of the molecule is Cc1ccc(C(=O)OCc2cccc(Cl)c2F)cc1N. The minimum absolute atomic E-state index is 0.00173. The molecular formula is C15H13ClFNO2. The molecule has 0 saturated carbocycles. The minimum atomic E-state index is -0.578. The second-order valence-electron chi connectivity index (χ2n) is 4.36. The van der Waals surface area contributed by atoms with Gasteiger partial charge < -0.3 is 10.5 Å². The van der Waals surface area contributed by atoms with Gasteiger partial charge in [-0.1, -0.05) is 29.8 Å². The lowest BCUT2D eigenvalue weighted by Gasteiger charge is -2.08. The summed E-state index contributed by atoms with van der Waals surface area (Å²) < 4.78 is 18.7. The first kappa shape index (κ1) is 14.3. The number of hydrogen-bond acceptors (Lipinski definition) is 3. The van der Waals surface area contributed by atoms with E-state index in [2.05, 4.69) is 0 Å². The Morgan fingerprint density at radius 3 is 2.80 bits per heavy atom. The predicted octanol–water partition coefficient (Wildman–Crippen LogP) is 3.73. The molecule has 0 radical (unpaired) electrons. The lowest BCUT2D eigenvalue weighted by Crippen LogP contribution is -2.07. The molecule has 104 valence electrons. The van der Waals surface area contributed by atoms with Crippen LogP contribution in [0.5, 0.6) is 0 Å². The van der Waals surface area contributed by atoms with Gasteiger partial charge in [-0.15, -0.1) is 0 Å². The molecule has 0 saturated heterocycles. The predicted molar refractivity (Wildman–Crippen MR) is 76.1 cm³/mol. The van der Waals surface area contributed by atoms with E-state index in [0.29, 0.717) is 11.3 Å². The van der Waals surface area contributed by atoms with Crippen molar-refractivity contribution < 1.29 is 13.9 Å². The summed E-state index contributed by atoms with van der Waals surface area (Å²) in [5, 5.41) is -0.00173. The summed E-state index contributed by atoms with van der Waals surface area (Å²) in [5.41, 5.74) is 7.67. The fraction of sp³-hybridized carbons (Fsp3) is 0.133. The maximum Gasteiger partial charge on any atom is 0.338 e. The van der Waals surface area contributed by atoms with Crippen molar-refractivity contribution in [2.75, 3.05) is 5.73 Å². The minimum Gasteiger partial charge on any atom is -0.457 e. The van der Waals surface area contributed by atoms with Crippen LogP contribution in [0.2, 0.25) is 5.02 Å². The van der Waals surface area contributed by atoms with Gasteiger partial charge in [0.1, 0.15) is 12.4 Å². The lowest BCUT2D eigenvalue weighted by atomic mass is 10.1. The molecule has 0 atom stereocenters. The maximum atomic E-state index is 13.6. The van der Waals surface area contributed by atoms with Gasteiger partial charge in [0.25, 0.3) is 0 Å². The first-order valence-corrected chi connectivity index (χ1v) is 6.33. The summed E-state index contributed by atoms with van der Waals surface area (Å²) in [5.74, 6) is -1.14. The van der Waals surface area contributed by atoms with Crippen molar-refractivity contribution in [1.29, 1.82) is 0 Å². The number of esters is 1. The van der Waals surface area contributed by atoms with Gasteiger partial charge >= 0.3 is 5.97 Å². The van der Waals surface area contributed by atoms with E-state index < -0.39 is 11.8 Å². The van der Waals surface area contributed by atoms with E-state index in [1.54, 1.807) is 18.2 Å². The van der Waals surface area contributed by atoms with E-state index in [4.69, 9.17) is 22.1 Å². The van der Waals surface area contributed by atoms with Crippen molar-refractivity contribution in [1.82, 2.24) is 0 Å². The van der Waals surface area contributed by atoms with Gasteiger partial charge in [-0.05, 0) is 30.7 Å². The van der Waals surface area contributed by atoms with Crippen LogP contribution in [0.25, 0.3) is 0 Å². The molecule has 0 aliphatic rings. The number of carbonyl (C=O) groups excluding carboxylic acids is 1. The molecule has 0 aliphatic carbocycles. The van der Waals surface area contributed by atoms with Gasteiger partial charge in [-0.25, -0.2) is 9.18 Å². The van der Waals surface area contributed by atoms with Gasteiger partial charge in [0, 0.05) is 11.3 Å². The summed E-state index contributed by atoms with van der Waals surface area (Å²) in [7, 11) is 0. The van der Waals surface area contributed by atoms with E-state index in [9.17, 15) is 9.18 Å². The molecule has 2 N–H and O–H groups in total. The second-order valence-corrected chi connectivity index (χ2v) is 4.77. The summed E-state index contributed by atoms with van der Waals surface area (Å²) >= 11 is 5.65. The van der Waals surface area contributed by atoms with Crippen LogP contribution in [0.1, 0.15) is 21.5 Å². The number of nitrogen functional groups attached to an aromatic ring is 1. The molecule has 2 aromatic carbocycles. The molecular weight excluding hydrogens is 281 g/mol. The normalized spacial score (nSPS) is 10.3. The Kier molecular flexibility index (Phi) is 4.25. The smallest absolute Gasteiger partial charge is 0.338 e. The molecule has 3 nitrogen and oxygen atoms in total. The Bertz CT molecular complexity index is 658. The molecule has 0 unspecified atom stereocenters. The van der Waals surface area contributed by atoms with Gasteiger partial charge in [0.15, 0.2) is 0 Å². The van der Waals surface area contributed by atoms with Crippen molar-refractivity contribution in [3.63, 3.8) is 0 Å². The standard InChI is InChI=1S/C15H13ClFNO2/c1-9-5-6-10(7-13(9)18)15(19)20-8-11-3-2-4-12(16)14(11)17/h2-7H,8,18H2,1H3. The second kappa shape index (κ2) is 5.92. The molecule has 0 fully saturated rings. The molecule has 2 aromatic rings. The maximum absolute atomic E-state index is 13.6. The molecule has 0 amide bonds. The van der Waals surface area contributed by atoms with E-state index in [0.717, 1.165) is 5.56 Å².